The molecule has 0 bridgehead atoms. The second-order valence-electron chi connectivity index (χ2n) is 4.31. The highest BCUT2D eigenvalue weighted by Crippen LogP contribution is 2.33. The van der Waals surface area contributed by atoms with Gasteiger partial charge in [0, 0.05) is 22.6 Å². The predicted molar refractivity (Wildman–Crippen MR) is 71.6 cm³/mol. The van der Waals surface area contributed by atoms with Gasteiger partial charge in [-0.2, -0.15) is 11.8 Å². The van der Waals surface area contributed by atoms with E-state index in [0.717, 1.165) is 22.8 Å². The summed E-state index contributed by atoms with van der Waals surface area (Å²) in [5.41, 5.74) is 9.20. The number of aromatic nitrogens is 2. The first kappa shape index (κ1) is 11.5. The molecule has 0 aliphatic carbocycles. The zero-order chi connectivity index (χ0) is 12.7. The molecule has 2 aromatic rings. The van der Waals surface area contributed by atoms with Crippen LogP contribution in [0.2, 0.25) is 0 Å². The molecule has 1 aliphatic heterocycles. The Kier molecular flexibility index (Phi) is 2.70. The minimum absolute atomic E-state index is 0.246. The summed E-state index contributed by atoms with van der Waals surface area (Å²) in [4.78, 5) is 8.75. The standard InChI is InChI=1S/C13H12FN3S/c1-7-2-3-8(4-10(7)14)13-16-11-6-18-5-9(11)12(15)17-13/h2-4H,5-6H2,1H3,(H2,15,16,17). The third-order valence-corrected chi connectivity index (χ3v) is 4.01. The van der Waals surface area contributed by atoms with Crippen molar-refractivity contribution in [2.45, 2.75) is 18.4 Å². The van der Waals surface area contributed by atoms with Crippen molar-refractivity contribution in [3.05, 3.63) is 40.8 Å². The Bertz CT molecular complexity index is 628. The number of thioether (sulfide) groups is 1. The van der Waals surface area contributed by atoms with Crippen LogP contribution < -0.4 is 5.73 Å². The highest BCUT2D eigenvalue weighted by Gasteiger charge is 2.18. The molecule has 2 N–H and O–H groups in total. The van der Waals surface area contributed by atoms with Crippen LogP contribution in [-0.2, 0) is 11.5 Å². The molecule has 0 unspecified atom stereocenters. The Morgan fingerprint density at radius 2 is 2.11 bits per heavy atom. The van der Waals surface area contributed by atoms with E-state index >= 15 is 0 Å². The average molecular weight is 261 g/mol. The zero-order valence-electron chi connectivity index (χ0n) is 9.90. The normalized spacial score (nSPS) is 13.7. The number of anilines is 1. The van der Waals surface area contributed by atoms with Crippen molar-refractivity contribution in [3.8, 4) is 11.4 Å². The number of benzene rings is 1. The summed E-state index contributed by atoms with van der Waals surface area (Å²) < 4.78 is 13.5. The van der Waals surface area contributed by atoms with Crippen molar-refractivity contribution in [2.24, 2.45) is 0 Å². The van der Waals surface area contributed by atoms with Crippen LogP contribution in [0.15, 0.2) is 18.2 Å². The van der Waals surface area contributed by atoms with E-state index in [1.165, 1.54) is 6.07 Å². The van der Waals surface area contributed by atoms with E-state index in [9.17, 15) is 4.39 Å². The fraction of sp³-hybridized carbons (Fsp3) is 0.231. The van der Waals surface area contributed by atoms with Gasteiger partial charge < -0.3 is 5.73 Å². The van der Waals surface area contributed by atoms with E-state index in [2.05, 4.69) is 9.97 Å². The third kappa shape index (κ3) is 1.84. The number of halogens is 1. The second-order valence-corrected chi connectivity index (χ2v) is 5.30. The molecular formula is C13H12FN3S. The van der Waals surface area contributed by atoms with Crippen LogP contribution in [0, 0.1) is 12.7 Å². The van der Waals surface area contributed by atoms with Crippen molar-refractivity contribution >= 4 is 17.6 Å². The molecule has 1 aromatic carbocycles. The first-order valence-corrected chi connectivity index (χ1v) is 6.80. The SMILES string of the molecule is Cc1ccc(-c2nc(N)c3c(n2)CSC3)cc1F. The van der Waals surface area contributed by atoms with Gasteiger partial charge >= 0.3 is 0 Å². The molecule has 3 rings (SSSR count). The smallest absolute Gasteiger partial charge is 0.161 e. The minimum Gasteiger partial charge on any atom is -0.383 e. The molecule has 0 spiro atoms. The van der Waals surface area contributed by atoms with Crippen LogP contribution in [0.25, 0.3) is 11.4 Å². The van der Waals surface area contributed by atoms with Crippen LogP contribution >= 0.6 is 11.8 Å². The number of nitrogens with zero attached hydrogens (tertiary/aromatic N) is 2. The van der Waals surface area contributed by atoms with Gasteiger partial charge in [0.1, 0.15) is 11.6 Å². The largest absolute Gasteiger partial charge is 0.383 e. The summed E-state index contributed by atoms with van der Waals surface area (Å²) in [6.45, 7) is 1.73. The number of hydrogen-bond donors (Lipinski definition) is 1. The van der Waals surface area contributed by atoms with E-state index in [0.29, 0.717) is 22.8 Å². The molecule has 0 amide bonds. The van der Waals surface area contributed by atoms with E-state index in [1.807, 2.05) is 6.07 Å². The second kappa shape index (κ2) is 4.24. The molecule has 0 radical (unpaired) electrons. The van der Waals surface area contributed by atoms with Crippen LogP contribution in [0.3, 0.4) is 0 Å². The Labute approximate surface area is 109 Å². The Balaban J connectivity index is 2.12. The van der Waals surface area contributed by atoms with Gasteiger partial charge in [-0.3, -0.25) is 0 Å². The molecule has 3 nitrogen and oxygen atoms in total. The fourth-order valence-electron chi connectivity index (χ4n) is 1.94. The topological polar surface area (TPSA) is 51.8 Å². The van der Waals surface area contributed by atoms with Crippen molar-refractivity contribution < 1.29 is 4.39 Å². The quantitative estimate of drug-likeness (QED) is 0.857. The summed E-state index contributed by atoms with van der Waals surface area (Å²) in [5.74, 6) is 2.49. The van der Waals surface area contributed by atoms with Gasteiger partial charge in [0.2, 0.25) is 0 Å². The Morgan fingerprint density at radius 3 is 2.89 bits per heavy atom. The van der Waals surface area contributed by atoms with Gasteiger partial charge in [-0.05, 0) is 18.6 Å². The lowest BCUT2D eigenvalue weighted by Gasteiger charge is -2.07. The van der Waals surface area contributed by atoms with Gasteiger partial charge in [-0.1, -0.05) is 12.1 Å². The van der Waals surface area contributed by atoms with E-state index in [-0.39, 0.29) is 5.82 Å². The minimum atomic E-state index is -0.246. The molecule has 1 aliphatic rings. The summed E-state index contributed by atoms with van der Waals surface area (Å²) in [5, 5.41) is 0. The maximum Gasteiger partial charge on any atom is 0.161 e. The molecule has 92 valence electrons. The number of rotatable bonds is 1. The molecule has 18 heavy (non-hydrogen) atoms. The third-order valence-electron chi connectivity index (χ3n) is 3.04. The van der Waals surface area contributed by atoms with Gasteiger partial charge in [-0.25, -0.2) is 14.4 Å². The number of fused-ring (bicyclic) bond motifs is 1. The zero-order valence-corrected chi connectivity index (χ0v) is 10.7. The maximum absolute atomic E-state index is 13.5. The van der Waals surface area contributed by atoms with Crippen molar-refractivity contribution in [3.63, 3.8) is 0 Å². The summed E-state index contributed by atoms with van der Waals surface area (Å²) in [6, 6.07) is 5.01. The molecule has 2 heterocycles. The predicted octanol–water partition coefficient (Wildman–Crippen LogP) is 2.92. The van der Waals surface area contributed by atoms with Gasteiger partial charge in [0.15, 0.2) is 5.82 Å². The first-order chi connectivity index (χ1) is 8.65. The number of nitrogen functional groups attached to an aromatic ring is 1. The Morgan fingerprint density at radius 1 is 1.28 bits per heavy atom. The molecule has 1 aromatic heterocycles. The number of nitrogens with two attached hydrogens (primary N) is 1. The summed E-state index contributed by atoms with van der Waals surface area (Å²) >= 11 is 1.77. The van der Waals surface area contributed by atoms with Gasteiger partial charge in [-0.15, -0.1) is 0 Å². The lowest BCUT2D eigenvalue weighted by Crippen LogP contribution is -2.03. The van der Waals surface area contributed by atoms with E-state index < -0.39 is 0 Å². The lowest BCUT2D eigenvalue weighted by molar-refractivity contribution is 0.619. The summed E-state index contributed by atoms with van der Waals surface area (Å²) in [6.07, 6.45) is 0. The van der Waals surface area contributed by atoms with Crippen molar-refractivity contribution in [1.82, 2.24) is 9.97 Å². The van der Waals surface area contributed by atoms with Crippen molar-refractivity contribution in [2.75, 3.05) is 5.73 Å². The maximum atomic E-state index is 13.5. The lowest BCUT2D eigenvalue weighted by atomic mass is 10.1. The van der Waals surface area contributed by atoms with Gasteiger partial charge in [0.25, 0.3) is 0 Å². The van der Waals surface area contributed by atoms with Crippen LogP contribution in [0.4, 0.5) is 10.2 Å². The summed E-state index contributed by atoms with van der Waals surface area (Å²) in [7, 11) is 0. The average Bonchev–Trinajstić information content (AvgIpc) is 2.81. The fourth-order valence-corrected chi connectivity index (χ4v) is 2.99. The molecule has 0 saturated carbocycles. The Hall–Kier alpha value is -1.62. The first-order valence-electron chi connectivity index (χ1n) is 5.64. The van der Waals surface area contributed by atoms with Crippen molar-refractivity contribution in [1.29, 1.82) is 0 Å². The van der Waals surface area contributed by atoms with E-state index in [4.69, 9.17) is 5.73 Å². The number of hydrogen-bond acceptors (Lipinski definition) is 4. The van der Waals surface area contributed by atoms with Crippen LogP contribution in [0.1, 0.15) is 16.8 Å². The molecule has 5 heteroatoms. The highest BCUT2D eigenvalue weighted by molar-refractivity contribution is 7.98. The van der Waals surface area contributed by atoms with Crippen LogP contribution in [0.5, 0.6) is 0 Å². The molecular weight excluding hydrogens is 249 g/mol. The van der Waals surface area contributed by atoms with E-state index in [1.54, 1.807) is 24.8 Å². The van der Waals surface area contributed by atoms with Crippen LogP contribution in [-0.4, -0.2) is 9.97 Å². The highest BCUT2D eigenvalue weighted by atomic mass is 32.2. The molecule has 0 saturated heterocycles. The monoisotopic (exact) mass is 261 g/mol. The number of aryl methyl sites for hydroxylation is 1. The molecule has 0 fully saturated rings. The molecule has 0 atom stereocenters. The van der Waals surface area contributed by atoms with Gasteiger partial charge in [0.05, 0.1) is 5.69 Å².